The van der Waals surface area contributed by atoms with Crippen LogP contribution in [0, 0.1) is 11.3 Å². The molecule has 2 aliphatic heterocycles. The highest BCUT2D eigenvalue weighted by atomic mass is 16.5. The van der Waals surface area contributed by atoms with Gasteiger partial charge in [0.15, 0.2) is 11.6 Å². The van der Waals surface area contributed by atoms with Gasteiger partial charge in [0.25, 0.3) is 5.56 Å². The lowest BCUT2D eigenvalue weighted by molar-refractivity contribution is -0.120. The highest BCUT2D eigenvalue weighted by Crippen LogP contribution is 2.43. The van der Waals surface area contributed by atoms with Gasteiger partial charge in [-0.2, -0.15) is 5.26 Å². The van der Waals surface area contributed by atoms with E-state index in [0.29, 0.717) is 71.2 Å². The van der Waals surface area contributed by atoms with E-state index in [4.69, 9.17) is 19.2 Å². The number of phenols is 2. The molecule has 67 heavy (non-hydrogen) atoms. The number of ether oxygens (including phenoxy) is 3. The minimum Gasteiger partial charge on any atom is -0.508 e. The fraction of sp³-hybridized carbons (Fsp3) is 0.346. The second-order valence-corrected chi connectivity index (χ2v) is 17.1. The molecule has 0 aliphatic carbocycles. The van der Waals surface area contributed by atoms with Crippen molar-refractivity contribution in [3.8, 4) is 51.8 Å². The van der Waals surface area contributed by atoms with Crippen LogP contribution in [0.15, 0.2) is 84.0 Å². The molecule has 7 aromatic rings. The molecule has 0 amide bonds. The molecule has 3 aromatic carbocycles. The summed E-state index contributed by atoms with van der Waals surface area (Å²) in [4.78, 5) is 30.1. The van der Waals surface area contributed by atoms with Crippen LogP contribution >= 0.6 is 0 Å². The number of hydrogen-bond acceptors (Lipinski definition) is 12. The van der Waals surface area contributed by atoms with E-state index < -0.39 is 5.60 Å². The van der Waals surface area contributed by atoms with Crippen molar-refractivity contribution in [3.63, 3.8) is 0 Å². The molecule has 0 bridgehead atoms. The number of nitrogens with zero attached hydrogens (tertiary/aromatic N) is 7. The highest BCUT2D eigenvalue weighted by molar-refractivity contribution is 5.89. The maximum atomic E-state index is 13.5. The number of fused-ring (bicyclic) bond motifs is 6. The smallest absolute Gasteiger partial charge is 0.258 e. The van der Waals surface area contributed by atoms with Gasteiger partial charge in [0.2, 0.25) is 5.82 Å². The molecule has 0 saturated heterocycles. The number of benzene rings is 3. The monoisotopic (exact) mass is 905 g/mol. The van der Waals surface area contributed by atoms with E-state index in [9.17, 15) is 30.2 Å². The quantitative estimate of drug-likeness (QED) is 0.0879. The molecule has 0 fully saturated rings. The van der Waals surface area contributed by atoms with Gasteiger partial charge >= 0.3 is 0 Å². The summed E-state index contributed by atoms with van der Waals surface area (Å²) in [6.07, 6.45) is 4.55. The van der Waals surface area contributed by atoms with E-state index >= 15 is 0 Å². The van der Waals surface area contributed by atoms with Crippen LogP contribution in [0.25, 0.3) is 50.3 Å². The van der Waals surface area contributed by atoms with Crippen LogP contribution in [0.1, 0.15) is 100 Å². The highest BCUT2D eigenvalue weighted by Gasteiger charge is 2.41. The molecule has 2 aliphatic rings. The molecule has 3 N–H and O–H groups in total. The first-order valence-corrected chi connectivity index (χ1v) is 22.8. The molecular formula is C52H55N7O8. The summed E-state index contributed by atoms with van der Waals surface area (Å²) in [7, 11) is 0. The third-order valence-electron chi connectivity index (χ3n) is 12.7. The number of carbonyl (C=O) groups excluding carboxylic acids is 1. The molecule has 6 heterocycles. The number of carbonyl (C=O) groups is 1. The van der Waals surface area contributed by atoms with Gasteiger partial charge < -0.3 is 38.7 Å². The normalized spacial score (nSPS) is 14.9. The summed E-state index contributed by atoms with van der Waals surface area (Å²) in [6, 6.07) is 20.5. The standard InChI is InChI=1S/C27H28N2O5.C25H27N5O3/c1-5-16(30)13-34-17-8-9-23-19(10-17)18(6-2)20-12-29-24(25(20)28-23)11-22-21(26(29)31)14-33-15(4)27(22,32)7-3;1-4-10-33-11-9-29-8-7-17-12-18(5-6-21(17)29)30-24(15-26)27-28-25(30)20-13-19(16(2)3)22(31)14-23(20)32/h8-11,32H,4-7,12-14H2,1-3H3;5-8,12-14,16,31-32H,4,9-11H2,1-3H3. The number of aromatic nitrogens is 6. The molecule has 0 saturated carbocycles. The Bertz CT molecular complexity index is 3170. The molecule has 15 nitrogen and oxygen atoms in total. The molecule has 0 radical (unpaired) electrons. The second kappa shape index (κ2) is 18.9. The molecular weight excluding hydrogens is 851 g/mol. The molecule has 9 rings (SSSR count). The van der Waals surface area contributed by atoms with E-state index in [1.54, 1.807) is 15.2 Å². The SMILES string of the molecule is C=C1OCc2c(cc3n(c2=O)Cc2c-3nc3ccc(OCC(=O)CC)cc3c2CC)C1(O)CC.CCCOCCn1ccc2cc(-n3c(C#N)nnc3-c3cc(C(C)C)c(O)cc3O)ccc21. The second-order valence-electron chi connectivity index (χ2n) is 17.1. The number of pyridine rings is 2. The number of aromatic hydroxyl groups is 2. The first-order valence-electron chi connectivity index (χ1n) is 22.8. The van der Waals surface area contributed by atoms with Crippen molar-refractivity contribution in [2.75, 3.05) is 19.8 Å². The van der Waals surface area contributed by atoms with Gasteiger partial charge in [-0.05, 0) is 90.9 Å². The number of rotatable bonds is 14. The van der Waals surface area contributed by atoms with Gasteiger partial charge in [0, 0.05) is 59.3 Å². The molecule has 346 valence electrons. The van der Waals surface area contributed by atoms with Crippen molar-refractivity contribution in [1.29, 1.82) is 5.26 Å². The van der Waals surface area contributed by atoms with Gasteiger partial charge in [-0.25, -0.2) is 4.98 Å². The van der Waals surface area contributed by atoms with Crippen molar-refractivity contribution < 1.29 is 34.3 Å². The molecule has 4 aromatic heterocycles. The average Bonchev–Trinajstić information content (AvgIpc) is 4.05. The van der Waals surface area contributed by atoms with Gasteiger partial charge in [-0.1, -0.05) is 48.1 Å². The lowest BCUT2D eigenvalue weighted by atomic mass is 9.84. The zero-order chi connectivity index (χ0) is 47.7. The summed E-state index contributed by atoms with van der Waals surface area (Å²) >= 11 is 0. The summed E-state index contributed by atoms with van der Waals surface area (Å²) in [5.41, 5.74) is 6.63. The maximum Gasteiger partial charge on any atom is 0.258 e. The van der Waals surface area contributed by atoms with Crippen LogP contribution in [0.2, 0.25) is 0 Å². The van der Waals surface area contributed by atoms with Crippen LogP contribution in [-0.4, -0.2) is 69.8 Å². The minimum atomic E-state index is -1.41. The Morgan fingerprint density at radius 1 is 1.00 bits per heavy atom. The lowest BCUT2D eigenvalue weighted by Crippen LogP contribution is -2.38. The van der Waals surface area contributed by atoms with Crippen LogP contribution < -0.4 is 10.3 Å². The number of aryl methyl sites for hydroxylation is 1. The Hall–Kier alpha value is -7.28. The van der Waals surface area contributed by atoms with Gasteiger partial charge in [-0.3, -0.25) is 14.2 Å². The van der Waals surface area contributed by atoms with E-state index in [1.807, 2.05) is 82.4 Å². The van der Waals surface area contributed by atoms with Crippen molar-refractivity contribution in [2.45, 2.75) is 98.4 Å². The predicted octanol–water partition coefficient (Wildman–Crippen LogP) is 8.71. The minimum absolute atomic E-state index is 0.0171. The van der Waals surface area contributed by atoms with Crippen LogP contribution in [-0.2, 0) is 46.0 Å². The number of ketones is 1. The average molecular weight is 906 g/mol. The third-order valence-corrected chi connectivity index (χ3v) is 12.7. The number of aliphatic hydroxyl groups is 1. The van der Waals surface area contributed by atoms with E-state index in [1.165, 1.54) is 6.07 Å². The van der Waals surface area contributed by atoms with Crippen molar-refractivity contribution in [2.24, 2.45) is 0 Å². The molecule has 1 unspecified atom stereocenters. The fourth-order valence-corrected chi connectivity index (χ4v) is 8.96. The van der Waals surface area contributed by atoms with Crippen molar-refractivity contribution >= 4 is 27.6 Å². The summed E-state index contributed by atoms with van der Waals surface area (Å²) in [5, 5.41) is 51.9. The summed E-state index contributed by atoms with van der Waals surface area (Å²) in [5.74, 6) is 1.29. The number of Topliss-reactive ketones (excluding diaryl/α,β-unsaturated/α-hetero) is 1. The first-order chi connectivity index (χ1) is 32.3. The van der Waals surface area contributed by atoms with Crippen LogP contribution in [0.5, 0.6) is 17.2 Å². The fourth-order valence-electron chi connectivity index (χ4n) is 8.96. The molecule has 0 spiro atoms. The van der Waals surface area contributed by atoms with Gasteiger partial charge in [-0.15, -0.1) is 10.2 Å². The van der Waals surface area contributed by atoms with Crippen molar-refractivity contribution in [3.05, 3.63) is 123 Å². The van der Waals surface area contributed by atoms with E-state index in [2.05, 4.69) is 41.3 Å². The third kappa shape index (κ3) is 8.43. The first kappa shape index (κ1) is 46.3. The lowest BCUT2D eigenvalue weighted by Gasteiger charge is -2.35. The van der Waals surface area contributed by atoms with Gasteiger partial charge in [0.1, 0.15) is 47.9 Å². The van der Waals surface area contributed by atoms with Crippen molar-refractivity contribution in [1.82, 2.24) is 28.9 Å². The zero-order valence-corrected chi connectivity index (χ0v) is 38.7. The Morgan fingerprint density at radius 2 is 1.81 bits per heavy atom. The van der Waals surface area contributed by atoms with Crippen LogP contribution in [0.3, 0.4) is 0 Å². The maximum absolute atomic E-state index is 13.5. The Balaban J connectivity index is 0.000000182. The summed E-state index contributed by atoms with van der Waals surface area (Å²) < 4.78 is 22.4. The number of nitriles is 1. The van der Waals surface area contributed by atoms with E-state index in [0.717, 1.165) is 64.6 Å². The largest absolute Gasteiger partial charge is 0.508 e. The Morgan fingerprint density at radius 3 is 2.52 bits per heavy atom. The van der Waals surface area contributed by atoms with Gasteiger partial charge in [0.05, 0.1) is 46.9 Å². The topological polar surface area (TPSA) is 200 Å². The molecule has 15 heteroatoms. The summed E-state index contributed by atoms with van der Waals surface area (Å²) in [6.45, 7) is 18.3. The number of phenolic OH excluding ortho intramolecular Hbond substituents is 2. The Labute approximate surface area is 388 Å². The predicted molar refractivity (Wildman–Crippen MR) is 254 cm³/mol. The Kier molecular flexibility index (Phi) is 13.1. The molecule has 1 atom stereocenters. The zero-order valence-electron chi connectivity index (χ0n) is 38.7. The van der Waals surface area contributed by atoms with Crippen LogP contribution in [0.4, 0.5) is 0 Å². The van der Waals surface area contributed by atoms with E-state index in [-0.39, 0.29) is 53.6 Å². The number of hydrogen-bond donors (Lipinski definition) is 3.